The van der Waals surface area contributed by atoms with Crippen molar-refractivity contribution in [2.75, 3.05) is 19.0 Å². The number of carbonyl (C=O) groups is 2. The van der Waals surface area contributed by atoms with E-state index in [9.17, 15) is 9.59 Å². The van der Waals surface area contributed by atoms with Gasteiger partial charge in [-0.05, 0) is 23.8 Å². The molecule has 0 bridgehead atoms. The van der Waals surface area contributed by atoms with Crippen LogP contribution >= 0.6 is 0 Å². The number of anilines is 1. The number of fused-ring (bicyclic) bond motifs is 1. The van der Waals surface area contributed by atoms with Crippen molar-refractivity contribution >= 4 is 17.5 Å². The molecule has 2 rings (SSSR count). The van der Waals surface area contributed by atoms with E-state index in [1.807, 2.05) is 6.07 Å². The first-order valence-corrected chi connectivity index (χ1v) is 4.75. The molecule has 1 heterocycles. The quantitative estimate of drug-likeness (QED) is 0.726. The Hall–Kier alpha value is -1.84. The smallest absolute Gasteiger partial charge is 0.251 e. The summed E-state index contributed by atoms with van der Waals surface area (Å²) in [6, 6.07) is 5.31. The molecular weight excluding hydrogens is 192 g/mol. The molecule has 1 aromatic rings. The molecule has 4 nitrogen and oxygen atoms in total. The van der Waals surface area contributed by atoms with E-state index in [0.717, 1.165) is 11.3 Å². The topological polar surface area (TPSA) is 49.4 Å². The average Bonchev–Trinajstić information content (AvgIpc) is 2.53. The Kier molecular flexibility index (Phi) is 2.19. The highest BCUT2D eigenvalue weighted by Gasteiger charge is 2.24. The Morgan fingerprint density at radius 1 is 1.47 bits per heavy atom. The lowest BCUT2D eigenvalue weighted by atomic mass is 10.1. The molecule has 1 N–H and O–H groups in total. The number of rotatable bonds is 1. The standard InChI is InChI=1S/C11H12N2O2/c1-12-11(15)7-3-4-9-8(5-7)6-10(14)13(9)2/h3-5H,6H2,1-2H3,(H,12,15). The van der Waals surface area contributed by atoms with E-state index in [1.54, 1.807) is 31.1 Å². The van der Waals surface area contributed by atoms with E-state index >= 15 is 0 Å². The molecule has 0 aromatic heterocycles. The highest BCUT2D eigenvalue weighted by molar-refractivity contribution is 6.02. The summed E-state index contributed by atoms with van der Waals surface area (Å²) in [5, 5.41) is 2.56. The van der Waals surface area contributed by atoms with Crippen LogP contribution < -0.4 is 10.2 Å². The van der Waals surface area contributed by atoms with Crippen LogP contribution in [0, 0.1) is 0 Å². The molecule has 0 unspecified atom stereocenters. The summed E-state index contributed by atoms with van der Waals surface area (Å²) in [7, 11) is 3.33. The van der Waals surface area contributed by atoms with Gasteiger partial charge in [0, 0.05) is 25.3 Å². The molecule has 1 aliphatic heterocycles. The maximum absolute atomic E-state index is 11.4. The second-order valence-electron chi connectivity index (χ2n) is 3.55. The van der Waals surface area contributed by atoms with Gasteiger partial charge in [0.1, 0.15) is 0 Å². The summed E-state index contributed by atoms with van der Waals surface area (Å²) in [5.41, 5.74) is 2.41. The maximum Gasteiger partial charge on any atom is 0.251 e. The Morgan fingerprint density at radius 3 is 2.87 bits per heavy atom. The number of likely N-dealkylation sites (N-methyl/N-ethyl adjacent to an activating group) is 1. The zero-order valence-corrected chi connectivity index (χ0v) is 8.70. The number of carbonyl (C=O) groups excluding carboxylic acids is 2. The van der Waals surface area contributed by atoms with Crippen molar-refractivity contribution in [2.24, 2.45) is 0 Å². The van der Waals surface area contributed by atoms with Gasteiger partial charge in [0.25, 0.3) is 5.91 Å². The lowest BCUT2D eigenvalue weighted by Crippen LogP contribution is -2.20. The van der Waals surface area contributed by atoms with E-state index < -0.39 is 0 Å². The lowest BCUT2D eigenvalue weighted by Gasteiger charge is -2.09. The summed E-state index contributed by atoms with van der Waals surface area (Å²) >= 11 is 0. The summed E-state index contributed by atoms with van der Waals surface area (Å²) in [4.78, 5) is 24.4. The zero-order valence-electron chi connectivity index (χ0n) is 8.70. The normalized spacial score (nSPS) is 14.0. The minimum atomic E-state index is -0.125. The number of amides is 2. The summed E-state index contributed by atoms with van der Waals surface area (Å²) in [6.45, 7) is 0. The largest absolute Gasteiger partial charge is 0.355 e. The number of nitrogens with zero attached hydrogens (tertiary/aromatic N) is 1. The van der Waals surface area contributed by atoms with E-state index in [4.69, 9.17) is 0 Å². The van der Waals surface area contributed by atoms with Crippen LogP contribution in [0.3, 0.4) is 0 Å². The van der Waals surface area contributed by atoms with Crippen LogP contribution in [0.25, 0.3) is 0 Å². The van der Waals surface area contributed by atoms with Crippen molar-refractivity contribution in [3.8, 4) is 0 Å². The fourth-order valence-electron chi connectivity index (χ4n) is 1.76. The van der Waals surface area contributed by atoms with Crippen LogP contribution in [0.15, 0.2) is 18.2 Å². The zero-order chi connectivity index (χ0) is 11.0. The predicted molar refractivity (Wildman–Crippen MR) is 56.9 cm³/mol. The van der Waals surface area contributed by atoms with Gasteiger partial charge in [0.2, 0.25) is 5.91 Å². The van der Waals surface area contributed by atoms with Gasteiger partial charge in [0.15, 0.2) is 0 Å². The Balaban J connectivity index is 2.42. The minimum absolute atomic E-state index is 0.0686. The third kappa shape index (κ3) is 1.48. The third-order valence-corrected chi connectivity index (χ3v) is 2.65. The highest BCUT2D eigenvalue weighted by Crippen LogP contribution is 2.28. The molecule has 78 valence electrons. The van der Waals surface area contributed by atoms with Gasteiger partial charge in [-0.1, -0.05) is 0 Å². The molecule has 0 saturated carbocycles. The van der Waals surface area contributed by atoms with Crippen LogP contribution in [-0.2, 0) is 11.2 Å². The van der Waals surface area contributed by atoms with Crippen molar-refractivity contribution in [3.63, 3.8) is 0 Å². The average molecular weight is 204 g/mol. The first-order chi connectivity index (χ1) is 7.13. The number of benzene rings is 1. The predicted octanol–water partition coefficient (Wildman–Crippen LogP) is 0.565. The second-order valence-corrected chi connectivity index (χ2v) is 3.55. The lowest BCUT2D eigenvalue weighted by molar-refractivity contribution is -0.117. The molecular formula is C11H12N2O2. The monoisotopic (exact) mass is 204 g/mol. The molecule has 0 saturated heterocycles. The van der Waals surface area contributed by atoms with Crippen LogP contribution in [0.2, 0.25) is 0 Å². The molecule has 0 aliphatic carbocycles. The number of hydrogen-bond donors (Lipinski definition) is 1. The summed E-state index contributed by atoms with van der Waals surface area (Å²) in [5.74, 6) is -0.0566. The van der Waals surface area contributed by atoms with Gasteiger partial charge in [-0.25, -0.2) is 0 Å². The minimum Gasteiger partial charge on any atom is -0.355 e. The Bertz CT molecular complexity index is 440. The fourth-order valence-corrected chi connectivity index (χ4v) is 1.76. The van der Waals surface area contributed by atoms with Gasteiger partial charge in [-0.3, -0.25) is 9.59 Å². The maximum atomic E-state index is 11.4. The highest BCUT2D eigenvalue weighted by atomic mass is 16.2. The van der Waals surface area contributed by atoms with E-state index in [2.05, 4.69) is 5.32 Å². The first kappa shape index (κ1) is 9.71. The summed E-state index contributed by atoms with van der Waals surface area (Å²) < 4.78 is 0. The SMILES string of the molecule is CNC(=O)c1ccc2c(c1)CC(=O)N2C. The number of hydrogen-bond acceptors (Lipinski definition) is 2. The van der Waals surface area contributed by atoms with Gasteiger partial charge in [-0.2, -0.15) is 0 Å². The molecule has 0 fully saturated rings. The van der Waals surface area contributed by atoms with E-state index in [-0.39, 0.29) is 11.8 Å². The third-order valence-electron chi connectivity index (χ3n) is 2.65. The van der Waals surface area contributed by atoms with Crippen molar-refractivity contribution < 1.29 is 9.59 Å². The van der Waals surface area contributed by atoms with E-state index in [0.29, 0.717) is 12.0 Å². The molecule has 0 spiro atoms. The van der Waals surface area contributed by atoms with Crippen molar-refractivity contribution in [3.05, 3.63) is 29.3 Å². The fraction of sp³-hybridized carbons (Fsp3) is 0.273. The molecule has 2 amide bonds. The Morgan fingerprint density at radius 2 is 2.20 bits per heavy atom. The van der Waals surface area contributed by atoms with Gasteiger partial charge in [0.05, 0.1) is 6.42 Å². The molecule has 15 heavy (non-hydrogen) atoms. The van der Waals surface area contributed by atoms with Gasteiger partial charge in [-0.15, -0.1) is 0 Å². The first-order valence-electron chi connectivity index (χ1n) is 4.75. The van der Waals surface area contributed by atoms with Crippen molar-refractivity contribution in [2.45, 2.75) is 6.42 Å². The van der Waals surface area contributed by atoms with Crippen molar-refractivity contribution in [1.82, 2.24) is 5.32 Å². The van der Waals surface area contributed by atoms with Crippen LogP contribution in [0.4, 0.5) is 5.69 Å². The second kappa shape index (κ2) is 3.38. The Labute approximate surface area is 87.9 Å². The van der Waals surface area contributed by atoms with Crippen LogP contribution in [-0.4, -0.2) is 25.9 Å². The number of nitrogens with one attached hydrogen (secondary N) is 1. The van der Waals surface area contributed by atoms with Crippen LogP contribution in [0.1, 0.15) is 15.9 Å². The van der Waals surface area contributed by atoms with E-state index in [1.165, 1.54) is 0 Å². The molecule has 0 atom stereocenters. The van der Waals surface area contributed by atoms with Gasteiger partial charge >= 0.3 is 0 Å². The molecule has 4 heteroatoms. The van der Waals surface area contributed by atoms with Gasteiger partial charge < -0.3 is 10.2 Å². The van der Waals surface area contributed by atoms with Crippen molar-refractivity contribution in [1.29, 1.82) is 0 Å². The molecule has 1 aliphatic rings. The van der Waals surface area contributed by atoms with Crippen LogP contribution in [0.5, 0.6) is 0 Å². The summed E-state index contributed by atoms with van der Waals surface area (Å²) in [6.07, 6.45) is 0.386. The molecule has 1 aromatic carbocycles. The molecule has 0 radical (unpaired) electrons.